The van der Waals surface area contributed by atoms with Crippen molar-refractivity contribution >= 4 is 5.97 Å². The van der Waals surface area contributed by atoms with Gasteiger partial charge in [-0.2, -0.15) is 0 Å². The highest BCUT2D eigenvalue weighted by Crippen LogP contribution is 2.28. The van der Waals surface area contributed by atoms with Gasteiger partial charge in [0.05, 0.1) is 12.7 Å². The predicted molar refractivity (Wildman–Crippen MR) is 61.9 cm³/mol. The predicted octanol–water partition coefficient (Wildman–Crippen LogP) is 0.635. The van der Waals surface area contributed by atoms with Gasteiger partial charge >= 0.3 is 5.97 Å². The minimum absolute atomic E-state index is 0.0412. The van der Waals surface area contributed by atoms with E-state index in [1.165, 1.54) is 12.8 Å². The van der Waals surface area contributed by atoms with E-state index >= 15 is 0 Å². The van der Waals surface area contributed by atoms with Crippen molar-refractivity contribution in [3.8, 4) is 0 Å². The summed E-state index contributed by atoms with van der Waals surface area (Å²) in [4.78, 5) is 10.7. The van der Waals surface area contributed by atoms with Crippen LogP contribution in [-0.4, -0.2) is 49.6 Å². The second-order valence-electron chi connectivity index (χ2n) is 4.88. The summed E-state index contributed by atoms with van der Waals surface area (Å²) in [6, 6.07) is 0. The van der Waals surface area contributed by atoms with Crippen LogP contribution in [0.25, 0.3) is 0 Å². The molecule has 1 aliphatic carbocycles. The molecule has 0 aromatic rings. The van der Waals surface area contributed by atoms with Crippen molar-refractivity contribution in [3.05, 3.63) is 0 Å². The molecule has 5 heteroatoms. The van der Waals surface area contributed by atoms with E-state index in [2.05, 4.69) is 5.32 Å². The first kappa shape index (κ1) is 12.8. The molecule has 1 aliphatic heterocycles. The third-order valence-electron chi connectivity index (χ3n) is 3.23. The van der Waals surface area contributed by atoms with Gasteiger partial charge in [-0.05, 0) is 31.6 Å². The number of carboxylic acids is 1. The minimum atomic E-state index is -0.847. The van der Waals surface area contributed by atoms with Gasteiger partial charge in [-0.25, -0.2) is 4.79 Å². The Labute approximate surface area is 101 Å². The van der Waals surface area contributed by atoms with E-state index in [-0.39, 0.29) is 6.10 Å². The van der Waals surface area contributed by atoms with Crippen molar-refractivity contribution in [2.24, 2.45) is 5.92 Å². The molecule has 0 amide bonds. The van der Waals surface area contributed by atoms with Crippen LogP contribution in [-0.2, 0) is 14.3 Å². The Balaban J connectivity index is 1.43. The zero-order chi connectivity index (χ0) is 12.1. The average Bonchev–Trinajstić information content (AvgIpc) is 3.00. The second kappa shape index (κ2) is 6.33. The first-order valence-corrected chi connectivity index (χ1v) is 6.42. The summed E-state index contributed by atoms with van der Waals surface area (Å²) in [6.07, 6.45) is 3.53. The van der Waals surface area contributed by atoms with Crippen molar-refractivity contribution < 1.29 is 19.4 Å². The van der Waals surface area contributed by atoms with Crippen LogP contribution in [0.3, 0.4) is 0 Å². The number of rotatable bonds is 8. The molecular formula is C12H21NO4. The highest BCUT2D eigenvalue weighted by Gasteiger charge is 2.29. The van der Waals surface area contributed by atoms with Gasteiger partial charge in [0.1, 0.15) is 0 Å². The van der Waals surface area contributed by atoms with Gasteiger partial charge in [-0.1, -0.05) is 0 Å². The second-order valence-corrected chi connectivity index (χ2v) is 4.88. The SMILES string of the molecule is O=C(O)C1CCC(CNCCOCC2CC2)O1. The van der Waals surface area contributed by atoms with E-state index in [0.717, 1.165) is 38.6 Å². The number of nitrogens with one attached hydrogen (secondary N) is 1. The van der Waals surface area contributed by atoms with Crippen molar-refractivity contribution in [3.63, 3.8) is 0 Å². The van der Waals surface area contributed by atoms with Crippen LogP contribution >= 0.6 is 0 Å². The van der Waals surface area contributed by atoms with Gasteiger partial charge in [0.2, 0.25) is 0 Å². The molecule has 1 saturated heterocycles. The molecule has 0 bridgehead atoms. The van der Waals surface area contributed by atoms with E-state index in [9.17, 15) is 4.79 Å². The number of hydrogen-bond acceptors (Lipinski definition) is 4. The Hall–Kier alpha value is -0.650. The molecule has 1 saturated carbocycles. The monoisotopic (exact) mass is 243 g/mol. The van der Waals surface area contributed by atoms with Crippen LogP contribution in [0.1, 0.15) is 25.7 Å². The first-order chi connectivity index (χ1) is 8.25. The molecule has 2 N–H and O–H groups in total. The minimum Gasteiger partial charge on any atom is -0.479 e. The summed E-state index contributed by atoms with van der Waals surface area (Å²) in [5.74, 6) is -0.0373. The summed E-state index contributed by atoms with van der Waals surface area (Å²) >= 11 is 0. The molecule has 2 fully saturated rings. The number of carbonyl (C=O) groups is 1. The van der Waals surface area contributed by atoms with Gasteiger partial charge in [0, 0.05) is 19.7 Å². The van der Waals surface area contributed by atoms with Crippen LogP contribution in [0.15, 0.2) is 0 Å². The Morgan fingerprint density at radius 3 is 2.82 bits per heavy atom. The summed E-state index contributed by atoms with van der Waals surface area (Å²) in [5, 5.41) is 12.0. The number of carboxylic acid groups (broad SMARTS) is 1. The molecule has 5 nitrogen and oxygen atoms in total. The Morgan fingerprint density at radius 2 is 2.18 bits per heavy atom. The molecule has 2 unspecified atom stereocenters. The molecule has 98 valence electrons. The summed E-state index contributed by atoms with van der Waals surface area (Å²) in [7, 11) is 0. The van der Waals surface area contributed by atoms with Crippen LogP contribution in [0.5, 0.6) is 0 Å². The molecular weight excluding hydrogens is 222 g/mol. The van der Waals surface area contributed by atoms with Crippen LogP contribution in [0, 0.1) is 5.92 Å². The van der Waals surface area contributed by atoms with E-state index in [0.29, 0.717) is 6.42 Å². The Morgan fingerprint density at radius 1 is 1.35 bits per heavy atom. The smallest absolute Gasteiger partial charge is 0.332 e. The van der Waals surface area contributed by atoms with E-state index in [1.807, 2.05) is 0 Å². The van der Waals surface area contributed by atoms with Crippen molar-refractivity contribution in [1.82, 2.24) is 5.32 Å². The van der Waals surface area contributed by atoms with E-state index < -0.39 is 12.1 Å². The fraction of sp³-hybridized carbons (Fsp3) is 0.917. The molecule has 2 atom stereocenters. The van der Waals surface area contributed by atoms with E-state index in [1.54, 1.807) is 0 Å². The summed E-state index contributed by atoms with van der Waals surface area (Å²) in [6.45, 7) is 3.15. The quantitative estimate of drug-likeness (QED) is 0.612. The summed E-state index contributed by atoms with van der Waals surface area (Å²) < 4.78 is 10.9. The van der Waals surface area contributed by atoms with Crippen LogP contribution in [0.2, 0.25) is 0 Å². The van der Waals surface area contributed by atoms with Crippen LogP contribution < -0.4 is 5.32 Å². The molecule has 2 aliphatic rings. The zero-order valence-electron chi connectivity index (χ0n) is 10.1. The number of ether oxygens (including phenoxy) is 2. The van der Waals surface area contributed by atoms with Gasteiger partial charge in [0.15, 0.2) is 6.10 Å². The third kappa shape index (κ3) is 4.61. The zero-order valence-corrected chi connectivity index (χ0v) is 10.1. The van der Waals surface area contributed by atoms with Crippen molar-refractivity contribution in [2.45, 2.75) is 37.9 Å². The van der Waals surface area contributed by atoms with Crippen molar-refractivity contribution in [1.29, 1.82) is 0 Å². The number of hydrogen-bond donors (Lipinski definition) is 2. The van der Waals surface area contributed by atoms with Gasteiger partial charge in [-0.15, -0.1) is 0 Å². The fourth-order valence-corrected chi connectivity index (χ4v) is 1.98. The maximum absolute atomic E-state index is 10.7. The van der Waals surface area contributed by atoms with Gasteiger partial charge in [0.25, 0.3) is 0 Å². The van der Waals surface area contributed by atoms with Crippen molar-refractivity contribution in [2.75, 3.05) is 26.3 Å². The molecule has 0 aromatic heterocycles. The molecule has 0 aromatic carbocycles. The highest BCUT2D eigenvalue weighted by molar-refractivity contribution is 5.72. The van der Waals surface area contributed by atoms with Crippen LogP contribution in [0.4, 0.5) is 0 Å². The molecule has 0 spiro atoms. The third-order valence-corrected chi connectivity index (χ3v) is 3.23. The van der Waals surface area contributed by atoms with Gasteiger partial charge in [-0.3, -0.25) is 0 Å². The molecule has 17 heavy (non-hydrogen) atoms. The normalized spacial score (nSPS) is 28.5. The maximum Gasteiger partial charge on any atom is 0.332 e. The fourth-order valence-electron chi connectivity index (χ4n) is 1.98. The largest absolute Gasteiger partial charge is 0.479 e. The topological polar surface area (TPSA) is 67.8 Å². The lowest BCUT2D eigenvalue weighted by atomic mass is 10.2. The lowest BCUT2D eigenvalue weighted by Gasteiger charge is -2.12. The van der Waals surface area contributed by atoms with Gasteiger partial charge < -0.3 is 19.9 Å². The molecule has 1 heterocycles. The standard InChI is InChI=1S/C12H21NO4/c14-12(15)11-4-3-10(17-11)7-13-5-6-16-8-9-1-2-9/h9-11,13H,1-8H2,(H,14,15). The molecule has 0 radical (unpaired) electrons. The Bertz CT molecular complexity index is 255. The summed E-state index contributed by atoms with van der Waals surface area (Å²) in [5.41, 5.74) is 0. The van der Waals surface area contributed by atoms with E-state index in [4.69, 9.17) is 14.6 Å². The first-order valence-electron chi connectivity index (χ1n) is 6.42. The lowest BCUT2D eigenvalue weighted by molar-refractivity contribution is -0.149. The molecule has 2 rings (SSSR count). The maximum atomic E-state index is 10.7. The lowest BCUT2D eigenvalue weighted by Crippen LogP contribution is -2.31. The number of aliphatic carboxylic acids is 1. The average molecular weight is 243 g/mol. The highest BCUT2D eigenvalue weighted by atomic mass is 16.5. The Kier molecular flexibility index (Phi) is 4.76.